The van der Waals surface area contributed by atoms with Gasteiger partial charge in [-0.15, -0.1) is 12.5 Å². The Morgan fingerprint density at radius 1 is 1.06 bits per heavy atom. The molecule has 0 spiro atoms. The van der Waals surface area contributed by atoms with Crippen LogP contribution in [0.3, 0.4) is 0 Å². The Hall–Kier alpha value is 0.734. The average molecular weight is 311 g/mol. The van der Waals surface area contributed by atoms with Crippen LogP contribution in [0.1, 0.15) is 48.5 Å². The van der Waals surface area contributed by atoms with Crippen LogP contribution in [-0.2, 0) is 21.7 Å². The summed E-state index contributed by atoms with van der Waals surface area (Å²) in [4.78, 5) is 0. The van der Waals surface area contributed by atoms with Gasteiger partial charge < -0.3 is 30.1 Å². The fourth-order valence-corrected chi connectivity index (χ4v) is 2.09. The second-order valence-electron chi connectivity index (χ2n) is 5.50. The third-order valence-corrected chi connectivity index (χ3v) is 2.94. The van der Waals surface area contributed by atoms with Crippen LogP contribution in [0.15, 0.2) is 16.7 Å². The molecule has 4 heteroatoms. The first-order chi connectivity index (χ1) is 6.16. The Kier molecular flexibility index (Phi) is 9.90. The number of hydrogen-bond acceptors (Lipinski definition) is 1. The zero-order valence-corrected chi connectivity index (χ0v) is 14.8. The maximum atomic E-state index is 3.62. The molecule has 0 fully saturated rings. The van der Waals surface area contributed by atoms with Crippen molar-refractivity contribution in [2.24, 2.45) is 0 Å². The Labute approximate surface area is 134 Å². The fourth-order valence-electron chi connectivity index (χ4n) is 2.09. The van der Waals surface area contributed by atoms with E-state index in [1.807, 2.05) is 0 Å². The van der Waals surface area contributed by atoms with Gasteiger partial charge in [-0.2, -0.15) is 5.57 Å². The van der Waals surface area contributed by atoms with E-state index >= 15 is 0 Å². The van der Waals surface area contributed by atoms with Gasteiger partial charge in [0, 0.05) is 5.54 Å². The molecule has 1 radical (unpaired) electrons. The first kappa shape index (κ1) is 22.9. The van der Waals surface area contributed by atoms with Crippen LogP contribution in [0, 0.1) is 6.08 Å². The van der Waals surface area contributed by atoms with E-state index in [9.17, 15) is 0 Å². The summed E-state index contributed by atoms with van der Waals surface area (Å²) in [5.41, 5.74) is 4.09. The van der Waals surface area contributed by atoms with Crippen molar-refractivity contribution in [2.45, 2.75) is 59.5 Å². The monoisotopic (exact) mass is 310 g/mol. The standard InChI is InChI=1S/C13H22N.2ClH.Ti/c1-9-8-13(7,11(3)10(9)2)14-12(4,5)6;;;/h14H,1-7H3;2*1H;/q-1;;;+3/p-2. The third kappa shape index (κ3) is 5.49. The number of rotatable bonds is 1. The molecule has 0 aromatic rings. The molecule has 0 aliphatic heterocycles. The Morgan fingerprint density at radius 3 is 1.71 bits per heavy atom. The topological polar surface area (TPSA) is 12.0 Å². The van der Waals surface area contributed by atoms with Crippen LogP contribution < -0.4 is 30.1 Å². The van der Waals surface area contributed by atoms with E-state index in [1.165, 1.54) is 16.7 Å². The molecule has 17 heavy (non-hydrogen) atoms. The largest absolute Gasteiger partial charge is 3.00 e. The van der Waals surface area contributed by atoms with Crippen molar-refractivity contribution in [1.29, 1.82) is 0 Å². The first-order valence-corrected chi connectivity index (χ1v) is 5.25. The Balaban J connectivity index is -0.000000653. The number of hydrogen-bond donors (Lipinski definition) is 1. The molecule has 0 saturated carbocycles. The summed E-state index contributed by atoms with van der Waals surface area (Å²) in [5.74, 6) is 0. The maximum Gasteiger partial charge on any atom is 3.00 e. The van der Waals surface area contributed by atoms with E-state index in [0.717, 1.165) is 0 Å². The summed E-state index contributed by atoms with van der Waals surface area (Å²) in [5, 5.41) is 3.62. The van der Waals surface area contributed by atoms with Gasteiger partial charge in [0.2, 0.25) is 0 Å². The van der Waals surface area contributed by atoms with Gasteiger partial charge in [0.1, 0.15) is 0 Å². The summed E-state index contributed by atoms with van der Waals surface area (Å²) >= 11 is 0. The van der Waals surface area contributed by atoms with Crippen molar-refractivity contribution in [1.82, 2.24) is 5.32 Å². The molecule has 0 aromatic carbocycles. The predicted molar refractivity (Wildman–Crippen MR) is 62.1 cm³/mol. The Bertz CT molecular complexity index is 316. The molecule has 97 valence electrons. The van der Waals surface area contributed by atoms with Crippen molar-refractivity contribution in [3.8, 4) is 0 Å². The number of allylic oxidation sites excluding steroid dienone is 2. The molecule has 1 atom stereocenters. The van der Waals surface area contributed by atoms with Crippen molar-refractivity contribution in [3.05, 3.63) is 22.8 Å². The molecular formula is C13H22Cl2NTi. The van der Waals surface area contributed by atoms with Crippen molar-refractivity contribution in [2.75, 3.05) is 0 Å². The van der Waals surface area contributed by atoms with Gasteiger partial charge in [0.25, 0.3) is 0 Å². The quantitative estimate of drug-likeness (QED) is 0.409. The maximum absolute atomic E-state index is 3.62. The normalized spacial score (nSPS) is 23.4. The van der Waals surface area contributed by atoms with Gasteiger partial charge in [0.15, 0.2) is 0 Å². The van der Waals surface area contributed by atoms with Crippen LogP contribution in [-0.4, -0.2) is 11.1 Å². The second-order valence-corrected chi connectivity index (χ2v) is 5.50. The summed E-state index contributed by atoms with van der Waals surface area (Å²) in [6, 6.07) is 0. The van der Waals surface area contributed by atoms with E-state index in [2.05, 4.69) is 59.9 Å². The number of halogens is 2. The van der Waals surface area contributed by atoms with Crippen LogP contribution >= 0.6 is 0 Å². The molecule has 0 amide bonds. The minimum absolute atomic E-state index is 0. The van der Waals surface area contributed by atoms with Gasteiger partial charge in [-0.1, -0.05) is 20.8 Å². The second kappa shape index (κ2) is 7.35. The van der Waals surface area contributed by atoms with Crippen LogP contribution in [0.5, 0.6) is 0 Å². The van der Waals surface area contributed by atoms with Crippen LogP contribution in [0.4, 0.5) is 0 Å². The van der Waals surface area contributed by atoms with E-state index in [-0.39, 0.29) is 57.6 Å². The third-order valence-electron chi connectivity index (χ3n) is 2.94. The van der Waals surface area contributed by atoms with Gasteiger partial charge in [-0.25, -0.2) is 11.6 Å². The summed E-state index contributed by atoms with van der Waals surface area (Å²) in [7, 11) is 0. The molecule has 1 N–H and O–H groups in total. The minimum Gasteiger partial charge on any atom is -1.00 e. The zero-order valence-electron chi connectivity index (χ0n) is 11.8. The summed E-state index contributed by atoms with van der Waals surface area (Å²) in [6.07, 6.45) is 3.52. The molecule has 1 rings (SSSR count). The summed E-state index contributed by atoms with van der Waals surface area (Å²) < 4.78 is 0. The van der Waals surface area contributed by atoms with Crippen LogP contribution in [0.2, 0.25) is 0 Å². The van der Waals surface area contributed by atoms with E-state index in [0.29, 0.717) is 0 Å². The van der Waals surface area contributed by atoms with Crippen LogP contribution in [0.25, 0.3) is 0 Å². The van der Waals surface area contributed by atoms with E-state index in [1.54, 1.807) is 0 Å². The predicted octanol–water partition coefficient (Wildman–Crippen LogP) is -2.76. The van der Waals surface area contributed by atoms with Crippen molar-refractivity contribution in [3.63, 3.8) is 0 Å². The van der Waals surface area contributed by atoms with Crippen molar-refractivity contribution < 1.29 is 46.5 Å². The van der Waals surface area contributed by atoms with E-state index in [4.69, 9.17) is 0 Å². The molecule has 0 saturated heterocycles. The zero-order chi connectivity index (χ0) is 11.1. The molecular weight excluding hydrogens is 289 g/mol. The molecule has 1 aliphatic rings. The van der Waals surface area contributed by atoms with Crippen molar-refractivity contribution >= 4 is 0 Å². The van der Waals surface area contributed by atoms with E-state index < -0.39 is 0 Å². The molecule has 1 aliphatic carbocycles. The summed E-state index contributed by atoms with van der Waals surface area (Å²) in [6.45, 7) is 15.3. The van der Waals surface area contributed by atoms with Gasteiger partial charge >= 0.3 is 21.7 Å². The molecule has 0 aromatic heterocycles. The SMILES string of the molecule is CC1=[C-]C(C)(NC(C)(C)C)C(C)=C1C.[Cl-].[Cl-].[Ti+3]. The Morgan fingerprint density at radius 2 is 1.47 bits per heavy atom. The van der Waals surface area contributed by atoms with Gasteiger partial charge in [-0.3, -0.25) is 0 Å². The van der Waals surface area contributed by atoms with Gasteiger partial charge in [0.05, 0.1) is 0 Å². The fraction of sp³-hybridized carbons (Fsp3) is 0.692. The molecule has 0 bridgehead atoms. The molecule has 1 nitrogen and oxygen atoms in total. The minimum atomic E-state index is -0.0770. The smallest absolute Gasteiger partial charge is 1.00 e. The van der Waals surface area contributed by atoms with Gasteiger partial charge in [-0.05, 0) is 26.3 Å². The number of nitrogens with one attached hydrogen (secondary N) is 1. The first-order valence-electron chi connectivity index (χ1n) is 5.25. The molecule has 1 unspecified atom stereocenters. The molecule has 0 heterocycles. The average Bonchev–Trinajstić information content (AvgIpc) is 2.11.